The van der Waals surface area contributed by atoms with E-state index in [4.69, 9.17) is 56.3 Å². The van der Waals surface area contributed by atoms with Gasteiger partial charge in [0.25, 0.3) is 0 Å². The van der Waals surface area contributed by atoms with Gasteiger partial charge in [0, 0.05) is 13.0 Å². The molecule has 514 valence electrons. The van der Waals surface area contributed by atoms with E-state index in [1.807, 2.05) is 13.8 Å². The molecule has 30 atom stereocenters. The molecule has 4 aliphatic carbocycles. The van der Waals surface area contributed by atoms with E-state index < -0.39 is 210 Å². The van der Waals surface area contributed by atoms with Crippen LogP contribution in [-0.2, 0) is 101 Å². The van der Waals surface area contributed by atoms with Crippen LogP contribution in [0.25, 0.3) is 0 Å². The van der Waals surface area contributed by atoms with Crippen molar-refractivity contribution in [3.05, 3.63) is 11.6 Å². The van der Waals surface area contributed by atoms with Gasteiger partial charge in [-0.05, 0) is 92.3 Å². The molecular weight excluding hydrogens is 1330 g/mol. The van der Waals surface area contributed by atoms with Crippen LogP contribution in [0.2, 0.25) is 0 Å². The zero-order valence-corrected chi connectivity index (χ0v) is 61.4. The Morgan fingerprint density at radius 3 is 1.66 bits per heavy atom. The molecule has 5 aliphatic heterocycles. The standard InChI is InChI=1S/C53H86O33S3.3Na/c1-21(54)23-11-15-53(7)25-9-10-30-50(3,4)31(13-14-51(30,5)24(25)12-16-52(23,53)6)81-48-43(35(59)29(18-75-48)86-89(70,71)72)85-49-44(84-45-36(60)32(56)26(55)17-74-45)37(61)40(22(2)78-49)82-47-39(63)42(34(58)28(80-47)20-77-88(67,68)69)83-46-38(62)41(73-8)33(57)27(79-46)19-76-87(64,65)66;;;/h12,22-23,25-49,55-63H,9-11,13-20H2,1-8H3,(H,64,65,66)(H,67,68,69)(H,70,71,72);;;/q;3*+1/p-3/t22-,23-,25-,26-,27-,28-,29-,30+,31+,32+,33-,34-,35+,36-,37+,38-,39-,40-,41+,42+,43-,44-,45+,46+,47+,48+,49+,51-,52-,53+;;;/m1.../s1. The number of methoxy groups -OCH3 is 1. The van der Waals surface area contributed by atoms with Crippen LogP contribution in [0.3, 0.4) is 0 Å². The molecule has 0 bridgehead atoms. The van der Waals surface area contributed by atoms with Gasteiger partial charge in [-0.15, -0.1) is 0 Å². The number of aliphatic hydroxyl groups excluding tert-OH is 9. The number of allylic oxidation sites excluding steroid dienone is 2. The van der Waals surface area contributed by atoms with Gasteiger partial charge in [0.2, 0.25) is 31.2 Å². The molecule has 92 heavy (non-hydrogen) atoms. The first-order chi connectivity index (χ1) is 41.2. The van der Waals surface area contributed by atoms with E-state index in [1.54, 1.807) is 6.92 Å². The normalized spacial score (nSPS) is 47.2. The fraction of sp³-hybridized carbons (Fsp3) is 0.943. The molecule has 8 fully saturated rings. The average Bonchev–Trinajstić information content (AvgIpc) is 1.31. The van der Waals surface area contributed by atoms with Crippen molar-refractivity contribution < 1.29 is 243 Å². The van der Waals surface area contributed by atoms with E-state index in [0.717, 1.165) is 39.2 Å². The van der Waals surface area contributed by atoms with Crippen LogP contribution in [0.15, 0.2) is 11.6 Å². The summed E-state index contributed by atoms with van der Waals surface area (Å²) in [6.07, 6.45) is -39.2. The van der Waals surface area contributed by atoms with Crippen molar-refractivity contribution in [3.8, 4) is 0 Å². The van der Waals surface area contributed by atoms with Crippen LogP contribution in [0.5, 0.6) is 0 Å². The Bertz CT molecular complexity index is 2890. The second kappa shape index (κ2) is 31.4. The number of ether oxygens (including phenoxy) is 11. The van der Waals surface area contributed by atoms with E-state index in [2.05, 4.69) is 35.2 Å². The molecule has 0 radical (unpaired) electrons. The van der Waals surface area contributed by atoms with Gasteiger partial charge in [-0.2, -0.15) is 0 Å². The Kier molecular flexibility index (Phi) is 28.1. The molecule has 0 amide bonds. The maximum Gasteiger partial charge on any atom is 1.00 e. The number of aliphatic hydroxyl groups is 9. The maximum atomic E-state index is 13.0. The van der Waals surface area contributed by atoms with Crippen LogP contribution < -0.4 is 88.7 Å². The minimum Gasteiger partial charge on any atom is -0.726 e. The summed E-state index contributed by atoms with van der Waals surface area (Å²) in [6, 6.07) is 0. The third-order valence-electron chi connectivity index (χ3n) is 20.9. The van der Waals surface area contributed by atoms with E-state index in [-0.39, 0.29) is 128 Å². The minimum atomic E-state index is -5.56. The summed E-state index contributed by atoms with van der Waals surface area (Å²) in [5.74, 6) is 0.375. The Labute approximate surface area is 600 Å². The van der Waals surface area contributed by atoms with Gasteiger partial charge >= 0.3 is 88.7 Å². The van der Waals surface area contributed by atoms with Crippen LogP contribution in [-0.4, -0.2) is 272 Å². The third-order valence-corrected chi connectivity index (χ3v) is 22.2. The van der Waals surface area contributed by atoms with Gasteiger partial charge in [0.1, 0.15) is 110 Å². The fourth-order valence-electron chi connectivity index (χ4n) is 16.0. The van der Waals surface area contributed by atoms with Crippen molar-refractivity contribution in [2.24, 2.45) is 39.4 Å². The molecule has 3 saturated carbocycles. The molecule has 39 heteroatoms. The van der Waals surface area contributed by atoms with Crippen molar-refractivity contribution in [1.82, 2.24) is 0 Å². The van der Waals surface area contributed by atoms with Gasteiger partial charge in [-0.1, -0.05) is 46.3 Å². The van der Waals surface area contributed by atoms with Gasteiger partial charge in [0.05, 0.1) is 38.6 Å². The molecule has 0 aromatic carbocycles. The Morgan fingerprint density at radius 1 is 0.565 bits per heavy atom. The Morgan fingerprint density at radius 2 is 1.10 bits per heavy atom. The van der Waals surface area contributed by atoms with Gasteiger partial charge in [0.15, 0.2) is 31.5 Å². The number of ketones is 1. The molecule has 0 spiro atoms. The molecule has 9 N–H and O–H groups in total. The molecule has 0 unspecified atom stereocenters. The topological polar surface area (TPSA) is 500 Å². The molecule has 0 aromatic heterocycles. The van der Waals surface area contributed by atoms with Crippen LogP contribution >= 0.6 is 0 Å². The molecular formula is C53H83Na3O33S3. The molecule has 0 aromatic rings. The Hall–Kier alpha value is 1.22. The molecule has 9 rings (SSSR count). The number of fused-ring (bicyclic) bond motifs is 5. The zero-order valence-electron chi connectivity index (χ0n) is 53.0. The van der Waals surface area contributed by atoms with E-state index in [1.165, 1.54) is 12.5 Å². The summed E-state index contributed by atoms with van der Waals surface area (Å²) in [5.41, 5.74) is 0.0488. The summed E-state index contributed by atoms with van der Waals surface area (Å²) in [5, 5.41) is 102. The van der Waals surface area contributed by atoms with Crippen molar-refractivity contribution in [2.75, 3.05) is 33.5 Å². The molecule has 5 heterocycles. The fourth-order valence-corrected chi connectivity index (χ4v) is 17.1. The number of hydrogen-bond donors (Lipinski definition) is 9. The summed E-state index contributed by atoms with van der Waals surface area (Å²) in [7, 11) is -15.5. The predicted octanol–water partition coefficient (Wildman–Crippen LogP) is -12.9. The van der Waals surface area contributed by atoms with Crippen molar-refractivity contribution >= 4 is 37.0 Å². The first-order valence-electron chi connectivity index (χ1n) is 29.4. The smallest absolute Gasteiger partial charge is 0.726 e. The van der Waals surface area contributed by atoms with Crippen LogP contribution in [0.4, 0.5) is 0 Å². The third kappa shape index (κ3) is 16.8. The number of rotatable bonds is 20. The summed E-state index contributed by atoms with van der Waals surface area (Å²) >= 11 is 0. The second-order valence-electron chi connectivity index (χ2n) is 26.2. The summed E-state index contributed by atoms with van der Waals surface area (Å²) < 4.78 is 184. The monoisotopic (exact) mass is 1410 g/mol. The second-order valence-corrected chi connectivity index (χ2v) is 29.3. The molecule has 5 saturated heterocycles. The van der Waals surface area contributed by atoms with E-state index >= 15 is 0 Å². The molecule has 33 nitrogen and oxygen atoms in total. The number of hydrogen-bond acceptors (Lipinski definition) is 33. The average molecular weight is 1410 g/mol. The number of carbonyl (C=O) groups is 1. The zero-order chi connectivity index (χ0) is 65.6. The van der Waals surface area contributed by atoms with Gasteiger partial charge < -0.3 is 112 Å². The van der Waals surface area contributed by atoms with E-state index in [0.29, 0.717) is 12.8 Å². The first-order valence-corrected chi connectivity index (χ1v) is 33.4. The number of carbonyl (C=O) groups excluding carboxylic acids is 1. The predicted molar refractivity (Wildman–Crippen MR) is 286 cm³/mol. The summed E-state index contributed by atoms with van der Waals surface area (Å²) in [4.78, 5) is 13.0. The molecule has 9 aliphatic rings. The van der Waals surface area contributed by atoms with Crippen molar-refractivity contribution in [3.63, 3.8) is 0 Å². The van der Waals surface area contributed by atoms with Crippen molar-refractivity contribution in [1.29, 1.82) is 0 Å². The summed E-state index contributed by atoms with van der Waals surface area (Å²) in [6.45, 7) is 9.93. The minimum absolute atomic E-state index is 0. The van der Waals surface area contributed by atoms with Crippen LogP contribution in [0.1, 0.15) is 93.4 Å². The maximum absolute atomic E-state index is 13.0. The van der Waals surface area contributed by atoms with Crippen LogP contribution in [0, 0.1) is 39.4 Å². The quantitative estimate of drug-likeness (QED) is 0.0180. The number of Topliss-reactive ketones (excluding diaryl/α,β-unsaturated/α-hetero) is 1. The largest absolute Gasteiger partial charge is 1.00 e. The van der Waals surface area contributed by atoms with Crippen molar-refractivity contribution in [2.45, 2.75) is 241 Å². The first kappa shape index (κ1) is 82.2. The van der Waals surface area contributed by atoms with E-state index in [9.17, 15) is 89.7 Å². The van der Waals surface area contributed by atoms with Gasteiger partial charge in [-0.3, -0.25) is 17.3 Å². The van der Waals surface area contributed by atoms with Gasteiger partial charge in [-0.25, -0.2) is 25.3 Å². The Balaban J connectivity index is 0.00000448. The SMILES string of the molecule is CO[C@@H]1[C@@H](O)[C@H](O[C@@H]2[C@@H](O)[C@H](O[C@H]3[C@H](O)[C@@H](O[C@@H]4OC[C@@H](O)[C@H](O)[C@H]4O)[C@H](O[C@H]4[C@H](O[C@H]5CC[C@]6(C)C7=CC[C@]8(C)[C@@H](C(C)=O)CC[C@@]8(C)[C@@H]7CC[C@H]6C5(C)C)OC[C@@H](OS(=O)(=O)[O-])[C@@H]4O)O[C@@H]3C)O[C@H](COS(=O)(=O)[O-])[C@H]2O)O[C@H](COS(=O)(=O)[O-])[C@H]1O.[Na+].[Na+].[Na+].